The zero-order valence-electron chi connectivity index (χ0n) is 61.5. The minimum absolute atomic E-state index is 0.0341. The molecule has 12 rings (SSSR count). The van der Waals surface area contributed by atoms with E-state index >= 15 is 0 Å². The second kappa shape index (κ2) is 41.5. The highest BCUT2D eigenvalue weighted by atomic mass is 79.9. The normalized spacial score (nSPS) is 19.6. The summed E-state index contributed by atoms with van der Waals surface area (Å²) in [5.74, 6) is -15.7. The van der Waals surface area contributed by atoms with Crippen LogP contribution in [0.5, 0.6) is 0 Å². The Morgan fingerprint density at radius 2 is 0.613 bits per heavy atom. The molecule has 0 aliphatic heterocycles. The molecule has 4 saturated carbocycles. The van der Waals surface area contributed by atoms with Gasteiger partial charge < -0.3 is 41.7 Å². The third-order valence-corrected chi connectivity index (χ3v) is 27.1. The molecule has 4 aliphatic rings. The van der Waals surface area contributed by atoms with Gasteiger partial charge in [0, 0.05) is 77.2 Å². The van der Waals surface area contributed by atoms with Crippen LogP contribution in [0, 0.1) is 52.4 Å². The van der Waals surface area contributed by atoms with Crippen LogP contribution in [0.25, 0.3) is 0 Å². The fourth-order valence-corrected chi connectivity index (χ4v) is 19.5. The maximum absolute atomic E-state index is 13.5. The van der Waals surface area contributed by atoms with Gasteiger partial charge in [-0.1, -0.05) is 83.7 Å². The van der Waals surface area contributed by atoms with Crippen molar-refractivity contribution < 1.29 is 113 Å². The number of benzene rings is 8. The third-order valence-electron chi connectivity index (χ3n) is 18.9. The number of anilines is 4. The summed E-state index contributed by atoms with van der Waals surface area (Å²) in [5, 5.41) is 48.0. The van der Waals surface area contributed by atoms with Crippen LogP contribution in [0.4, 0.5) is 62.3 Å². The lowest BCUT2D eigenvalue weighted by molar-refractivity contribution is 0.101. The first kappa shape index (κ1) is 95.3. The largest absolute Gasteiger partial charge is 0.393 e. The Hall–Kier alpha value is -7.58. The fourth-order valence-electron chi connectivity index (χ4n) is 12.8. The minimum atomic E-state index is -4.08. The summed E-state index contributed by atoms with van der Waals surface area (Å²) in [6.07, 6.45) is 6.90. The number of carbonyl (C=O) groups excluding carboxylic acids is 4. The topological polar surface area (TPSA) is 382 Å². The number of hydrogen-bond donors (Lipinski definition) is 12. The maximum Gasteiger partial charge on any atom is 0.257 e. The molecule has 0 bridgehead atoms. The van der Waals surface area contributed by atoms with Gasteiger partial charge in [0.2, 0.25) is 40.1 Å². The highest BCUT2D eigenvalue weighted by molar-refractivity contribution is 9.10. The number of aliphatic hydroxyl groups excluding tert-OH is 4. The van der Waals surface area contributed by atoms with Crippen molar-refractivity contribution in [3.05, 3.63) is 232 Å². The summed E-state index contributed by atoms with van der Waals surface area (Å²) in [7, 11) is -16.0. The van der Waals surface area contributed by atoms with Gasteiger partial charge in [-0.15, -0.1) is 0 Å². The van der Waals surface area contributed by atoms with Crippen molar-refractivity contribution >= 4 is 160 Å². The Morgan fingerprint density at radius 1 is 0.319 bits per heavy atom. The van der Waals surface area contributed by atoms with Crippen LogP contribution in [-0.4, -0.2) is 126 Å². The highest BCUT2D eigenvalue weighted by Gasteiger charge is 2.34. The van der Waals surface area contributed by atoms with E-state index in [0.717, 1.165) is 56.0 Å². The van der Waals surface area contributed by atoms with Gasteiger partial charge in [-0.2, -0.15) is 0 Å². The number of nitrogens with one attached hydrogen (secondary N) is 8. The Balaban J connectivity index is 0.000000181. The number of carbonyl (C=O) groups is 4. The van der Waals surface area contributed by atoms with Crippen molar-refractivity contribution in [3.8, 4) is 0 Å². The first-order chi connectivity index (χ1) is 55.9. The lowest BCUT2D eigenvalue weighted by Gasteiger charge is -2.28. The number of sulfonamides is 4. The number of halogens is 15. The van der Waals surface area contributed by atoms with Gasteiger partial charge in [0.1, 0.15) is 5.82 Å². The standard InChI is InChI=1S/C19H19BrClFN2O4S.C19H18Cl2F2N2O4S.2C19H18ClF3N2O4S/c20-14-9-11(5-8-16(14)22)23-19(26)13-10-12(6-7-15(13)21)29(27,28)24-17-3-1-2-4-18(17)25;2*20-15-5-4-13(30(28,29)25-10-2-1-3-12(26)6-10)9-14(15)19(27)24-11-7-16(21)18(23)17(22)8-11;20-13-6-5-11(30(28,29)25-16-3-1-2-4-17(16)26)9-12(13)19(27)24-10-7-14(21)18(23)15(22)8-10/h5-10,17-18,24-25H,1-4H2,(H,23,26);2*4-5,7-10,12,25-26H,1-3,6H2,(H,24,27);5-9,16-17,25-26H,1-4H2,(H,24,27). The molecule has 0 heterocycles. The van der Waals surface area contributed by atoms with Crippen molar-refractivity contribution in [2.75, 3.05) is 21.3 Å². The summed E-state index contributed by atoms with van der Waals surface area (Å²) >= 11 is 32.7. The van der Waals surface area contributed by atoms with E-state index in [9.17, 15) is 113 Å². The SMILES string of the molecule is O=C(Nc1cc(F)c(F)c(Cl)c1)c1cc(S(=O)(=O)NC2CCCC(O)C2)ccc1Cl.O=C(Nc1cc(F)c(F)c(F)c1)c1cc(S(=O)(=O)NC2CCCC(O)C2)ccc1Cl.O=C(Nc1cc(F)c(F)c(F)c1)c1cc(S(=O)(=O)NC2CCCCC2O)ccc1Cl.O=C(Nc1ccc(F)c(Br)c1)c1cc(S(=O)(=O)NC2CCCCC2O)ccc1Cl. The predicted molar refractivity (Wildman–Crippen MR) is 430 cm³/mol. The van der Waals surface area contributed by atoms with Crippen molar-refractivity contribution in [1.29, 1.82) is 0 Å². The molecule has 8 aromatic rings. The van der Waals surface area contributed by atoms with Crippen molar-refractivity contribution in [1.82, 2.24) is 18.9 Å². The second-order valence-electron chi connectivity index (χ2n) is 27.7. The molecule has 0 radical (unpaired) electrons. The van der Waals surface area contributed by atoms with Crippen LogP contribution in [0.2, 0.25) is 25.1 Å². The van der Waals surface area contributed by atoms with Gasteiger partial charge in [-0.3, -0.25) is 19.2 Å². The predicted octanol–water partition coefficient (Wildman–Crippen LogP) is 15.4. The molecule has 0 spiro atoms. The van der Waals surface area contributed by atoms with Gasteiger partial charge in [-0.25, -0.2) is 92.1 Å². The molecule has 12 N–H and O–H groups in total. The molecule has 8 aromatic carbocycles. The number of rotatable bonds is 20. The molecule has 8 unspecified atom stereocenters. The quantitative estimate of drug-likeness (QED) is 0.0249. The first-order valence-corrected chi connectivity index (χ1v) is 44.6. The fraction of sp³-hybridized carbons (Fsp3) is 0.316. The van der Waals surface area contributed by atoms with E-state index in [4.69, 9.17) is 58.0 Å². The number of aliphatic hydroxyl groups is 4. The lowest BCUT2D eigenvalue weighted by Crippen LogP contribution is -2.44. The molecule has 4 aliphatic carbocycles. The highest BCUT2D eigenvalue weighted by Crippen LogP contribution is 2.33. The summed E-state index contributed by atoms with van der Waals surface area (Å²) in [6.45, 7) is 0. The van der Waals surface area contributed by atoms with E-state index in [1.807, 2.05) is 0 Å². The van der Waals surface area contributed by atoms with Gasteiger partial charge in [0.15, 0.2) is 46.5 Å². The van der Waals surface area contributed by atoms with E-state index in [-0.39, 0.29) is 89.9 Å². The molecule has 0 aromatic heterocycles. The van der Waals surface area contributed by atoms with Crippen molar-refractivity contribution in [2.24, 2.45) is 0 Å². The Morgan fingerprint density at radius 3 is 0.916 bits per heavy atom. The van der Waals surface area contributed by atoms with E-state index in [1.54, 1.807) is 0 Å². The molecule has 0 saturated heterocycles. The molecule has 8 atom stereocenters. The first-order valence-electron chi connectivity index (χ1n) is 36.0. The molecule has 642 valence electrons. The van der Waals surface area contributed by atoms with E-state index in [1.165, 1.54) is 72.8 Å². The molecular weight excluding hydrogens is 1840 g/mol. The van der Waals surface area contributed by atoms with Crippen LogP contribution in [0.15, 0.2) is 151 Å². The van der Waals surface area contributed by atoms with Gasteiger partial charge in [0.25, 0.3) is 23.6 Å². The monoisotopic (exact) mass is 1910 g/mol. The second-order valence-corrected chi connectivity index (χ2v) is 37.5. The summed E-state index contributed by atoms with van der Waals surface area (Å²) in [4.78, 5) is 49.2. The average molecular weight is 1910 g/mol. The van der Waals surface area contributed by atoms with Crippen molar-refractivity contribution in [3.63, 3.8) is 0 Å². The van der Waals surface area contributed by atoms with Crippen molar-refractivity contribution in [2.45, 2.75) is 171 Å². The Bertz CT molecular complexity index is 5400. The summed E-state index contributed by atoms with van der Waals surface area (Å²) < 4.78 is 231. The Kier molecular flexibility index (Phi) is 33.2. The third kappa shape index (κ3) is 26.0. The minimum Gasteiger partial charge on any atom is -0.393 e. The van der Waals surface area contributed by atoms with Gasteiger partial charge in [-0.05, 0) is 190 Å². The lowest BCUT2D eigenvalue weighted by atomic mass is 9.93. The zero-order valence-corrected chi connectivity index (χ0v) is 70.2. The molecule has 43 heteroatoms. The molecular formula is C76H73BrCl5F9N8O16S4. The maximum atomic E-state index is 13.5. The average Bonchev–Trinajstić information content (AvgIpc) is 0.807. The van der Waals surface area contributed by atoms with E-state index in [2.05, 4.69) is 56.1 Å². The molecule has 4 fully saturated rings. The summed E-state index contributed by atoms with van der Waals surface area (Å²) in [5.41, 5.74) is -1.29. The molecule has 119 heavy (non-hydrogen) atoms. The zero-order chi connectivity index (χ0) is 87.3. The molecule has 4 amide bonds. The van der Waals surface area contributed by atoms with E-state index < -0.39 is 170 Å². The molecule has 24 nitrogen and oxygen atoms in total. The van der Waals surface area contributed by atoms with E-state index in [0.29, 0.717) is 101 Å². The van der Waals surface area contributed by atoms with Crippen LogP contribution in [-0.2, 0) is 40.1 Å². The number of amides is 4. The van der Waals surface area contributed by atoms with Gasteiger partial charge in [0.05, 0.1) is 95.8 Å². The van der Waals surface area contributed by atoms with Crippen LogP contribution < -0.4 is 40.2 Å². The summed E-state index contributed by atoms with van der Waals surface area (Å²) in [6, 6.07) is 20.1. The van der Waals surface area contributed by atoms with Crippen LogP contribution in [0.3, 0.4) is 0 Å². The van der Waals surface area contributed by atoms with Gasteiger partial charge >= 0.3 is 0 Å². The Labute approximate surface area is 710 Å². The van der Waals surface area contributed by atoms with Crippen LogP contribution >= 0.6 is 73.9 Å². The number of hydrogen-bond acceptors (Lipinski definition) is 16. The smallest absolute Gasteiger partial charge is 0.257 e. The van der Waals surface area contributed by atoms with Crippen LogP contribution in [0.1, 0.15) is 144 Å².